The molecular formula is C13H9F4NO2S. The summed E-state index contributed by atoms with van der Waals surface area (Å²) >= 11 is 0. The molecule has 2 aromatic carbocycles. The van der Waals surface area contributed by atoms with Gasteiger partial charge in [-0.3, -0.25) is 4.72 Å². The summed E-state index contributed by atoms with van der Waals surface area (Å²) < 4.78 is 77.2. The minimum atomic E-state index is -4.90. The Bertz CT molecular complexity index is 743. The molecule has 21 heavy (non-hydrogen) atoms. The first-order chi connectivity index (χ1) is 9.72. The Kier molecular flexibility index (Phi) is 3.91. The molecule has 0 aliphatic carbocycles. The molecule has 0 atom stereocenters. The van der Waals surface area contributed by atoms with E-state index in [9.17, 15) is 26.0 Å². The van der Waals surface area contributed by atoms with Crippen molar-refractivity contribution in [3.05, 3.63) is 59.9 Å². The van der Waals surface area contributed by atoms with Gasteiger partial charge in [-0.05, 0) is 24.3 Å². The lowest BCUT2D eigenvalue weighted by atomic mass is 10.2. The highest BCUT2D eigenvalue weighted by Crippen LogP contribution is 2.34. The Morgan fingerprint density at radius 1 is 0.905 bits per heavy atom. The van der Waals surface area contributed by atoms with Crippen LogP contribution >= 0.6 is 0 Å². The second-order valence-electron chi connectivity index (χ2n) is 4.08. The lowest BCUT2D eigenvalue weighted by molar-refractivity contribution is -0.139. The Morgan fingerprint density at radius 3 is 2.10 bits per heavy atom. The van der Waals surface area contributed by atoms with Gasteiger partial charge in [-0.2, -0.15) is 13.2 Å². The van der Waals surface area contributed by atoms with Crippen molar-refractivity contribution in [1.82, 2.24) is 0 Å². The molecule has 3 nitrogen and oxygen atoms in total. The summed E-state index contributed by atoms with van der Waals surface area (Å²) in [5.41, 5.74) is -2.29. The lowest BCUT2D eigenvalue weighted by Gasteiger charge is -2.13. The number of hydrogen-bond acceptors (Lipinski definition) is 2. The normalized spacial score (nSPS) is 12.2. The summed E-state index contributed by atoms with van der Waals surface area (Å²) in [5, 5.41) is 0. The number of hydrogen-bond donors (Lipinski definition) is 1. The predicted octanol–water partition coefficient (Wildman–Crippen LogP) is 3.65. The summed E-state index contributed by atoms with van der Waals surface area (Å²) in [6.07, 6.45) is -4.90. The Labute approximate surface area is 118 Å². The van der Waals surface area contributed by atoms with Gasteiger partial charge in [0.05, 0.1) is 16.1 Å². The van der Waals surface area contributed by atoms with E-state index >= 15 is 0 Å². The quantitative estimate of drug-likeness (QED) is 0.878. The fourth-order valence-corrected chi connectivity index (χ4v) is 2.71. The summed E-state index contributed by atoms with van der Waals surface area (Å²) in [6, 6.07) is 9.33. The van der Waals surface area contributed by atoms with Crippen LogP contribution in [0.1, 0.15) is 5.56 Å². The van der Waals surface area contributed by atoms with E-state index < -0.39 is 33.3 Å². The number of halogens is 4. The zero-order chi connectivity index (χ0) is 15.7. The van der Waals surface area contributed by atoms with Crippen molar-refractivity contribution in [3.63, 3.8) is 0 Å². The molecule has 0 saturated heterocycles. The number of benzene rings is 2. The predicted molar refractivity (Wildman–Crippen MR) is 68.7 cm³/mol. The highest BCUT2D eigenvalue weighted by Gasteiger charge is 2.35. The molecule has 0 unspecified atom stereocenters. The van der Waals surface area contributed by atoms with Gasteiger partial charge in [0.25, 0.3) is 10.0 Å². The molecule has 2 rings (SSSR count). The number of anilines is 1. The highest BCUT2D eigenvalue weighted by atomic mass is 32.2. The average molecular weight is 319 g/mol. The molecule has 0 spiro atoms. The first-order valence-corrected chi connectivity index (χ1v) is 7.14. The van der Waals surface area contributed by atoms with E-state index in [1.54, 1.807) is 6.07 Å². The van der Waals surface area contributed by atoms with Crippen molar-refractivity contribution < 1.29 is 26.0 Å². The molecule has 8 heteroatoms. The molecular weight excluding hydrogens is 310 g/mol. The van der Waals surface area contributed by atoms with Crippen LogP contribution in [0.4, 0.5) is 23.2 Å². The van der Waals surface area contributed by atoms with Gasteiger partial charge in [0.2, 0.25) is 0 Å². The van der Waals surface area contributed by atoms with Crippen molar-refractivity contribution in [3.8, 4) is 0 Å². The molecule has 0 radical (unpaired) electrons. The van der Waals surface area contributed by atoms with Crippen molar-refractivity contribution in [2.75, 3.05) is 4.72 Å². The van der Waals surface area contributed by atoms with Crippen LogP contribution < -0.4 is 4.72 Å². The molecule has 0 fully saturated rings. The van der Waals surface area contributed by atoms with Crippen LogP contribution in [0.3, 0.4) is 0 Å². The zero-order valence-electron chi connectivity index (χ0n) is 10.4. The van der Waals surface area contributed by atoms with Gasteiger partial charge >= 0.3 is 6.18 Å². The van der Waals surface area contributed by atoms with Gasteiger partial charge in [0.15, 0.2) is 5.82 Å². The van der Waals surface area contributed by atoms with Crippen LogP contribution in [0, 0.1) is 5.82 Å². The van der Waals surface area contributed by atoms with Crippen LogP contribution in [-0.2, 0) is 16.2 Å². The van der Waals surface area contributed by atoms with E-state index in [1.807, 2.05) is 4.72 Å². The number of rotatable bonds is 3. The van der Waals surface area contributed by atoms with Crippen molar-refractivity contribution in [2.24, 2.45) is 0 Å². The third kappa shape index (κ3) is 3.33. The van der Waals surface area contributed by atoms with Crippen LogP contribution in [-0.4, -0.2) is 8.42 Å². The van der Waals surface area contributed by atoms with Gasteiger partial charge in [-0.1, -0.05) is 24.3 Å². The van der Waals surface area contributed by atoms with Gasteiger partial charge in [-0.25, -0.2) is 12.8 Å². The standard InChI is InChI=1S/C13H9F4NO2S/c14-12-10(13(15,16)17)7-4-8-11(12)18-21(19,20)9-5-2-1-3-6-9/h1-8,18H. The van der Waals surface area contributed by atoms with Gasteiger partial charge in [0.1, 0.15) is 0 Å². The Hall–Kier alpha value is -2.09. The van der Waals surface area contributed by atoms with Crippen LogP contribution in [0.5, 0.6) is 0 Å². The third-order valence-electron chi connectivity index (χ3n) is 2.60. The number of sulfonamides is 1. The van der Waals surface area contributed by atoms with Crippen molar-refractivity contribution in [1.29, 1.82) is 0 Å². The molecule has 0 aromatic heterocycles. The van der Waals surface area contributed by atoms with Crippen molar-refractivity contribution in [2.45, 2.75) is 11.1 Å². The average Bonchev–Trinajstić information content (AvgIpc) is 2.41. The van der Waals surface area contributed by atoms with E-state index in [-0.39, 0.29) is 4.90 Å². The minimum absolute atomic E-state index is 0.179. The molecule has 1 N–H and O–H groups in total. The Balaban J connectivity index is 2.42. The topological polar surface area (TPSA) is 46.2 Å². The maximum Gasteiger partial charge on any atom is 0.419 e. The van der Waals surface area contributed by atoms with E-state index in [0.717, 1.165) is 12.1 Å². The number of nitrogens with one attached hydrogen (secondary N) is 1. The highest BCUT2D eigenvalue weighted by molar-refractivity contribution is 7.92. The van der Waals surface area contributed by atoms with E-state index in [2.05, 4.69) is 0 Å². The zero-order valence-corrected chi connectivity index (χ0v) is 11.2. The van der Waals surface area contributed by atoms with Gasteiger partial charge in [0, 0.05) is 0 Å². The first kappa shape index (κ1) is 15.3. The van der Waals surface area contributed by atoms with Crippen LogP contribution in [0.15, 0.2) is 53.4 Å². The summed E-state index contributed by atoms with van der Waals surface area (Å²) in [7, 11) is -4.16. The third-order valence-corrected chi connectivity index (χ3v) is 3.98. The Morgan fingerprint density at radius 2 is 1.52 bits per heavy atom. The molecule has 0 saturated carbocycles. The first-order valence-electron chi connectivity index (χ1n) is 5.65. The molecule has 0 bridgehead atoms. The summed E-state index contributed by atoms with van der Waals surface area (Å²) in [6.45, 7) is 0. The van der Waals surface area contributed by atoms with E-state index in [1.165, 1.54) is 24.3 Å². The molecule has 2 aromatic rings. The monoisotopic (exact) mass is 319 g/mol. The number of alkyl halides is 3. The van der Waals surface area contributed by atoms with Crippen LogP contribution in [0.25, 0.3) is 0 Å². The fraction of sp³-hybridized carbons (Fsp3) is 0.0769. The largest absolute Gasteiger partial charge is 0.419 e. The van der Waals surface area contributed by atoms with Gasteiger partial charge < -0.3 is 0 Å². The minimum Gasteiger partial charge on any atom is -0.277 e. The summed E-state index contributed by atoms with van der Waals surface area (Å²) in [5.74, 6) is -1.66. The van der Waals surface area contributed by atoms with Gasteiger partial charge in [-0.15, -0.1) is 0 Å². The van der Waals surface area contributed by atoms with Crippen LogP contribution in [0.2, 0.25) is 0 Å². The fourth-order valence-electron chi connectivity index (χ4n) is 1.63. The summed E-state index contributed by atoms with van der Waals surface area (Å²) in [4.78, 5) is -0.179. The second-order valence-corrected chi connectivity index (χ2v) is 5.77. The van der Waals surface area contributed by atoms with E-state index in [0.29, 0.717) is 6.07 Å². The maximum absolute atomic E-state index is 13.8. The molecule has 112 valence electrons. The van der Waals surface area contributed by atoms with Crippen molar-refractivity contribution >= 4 is 15.7 Å². The smallest absolute Gasteiger partial charge is 0.277 e. The molecule has 0 aliphatic heterocycles. The SMILES string of the molecule is O=S(=O)(Nc1cccc(C(F)(F)F)c1F)c1ccccc1. The maximum atomic E-state index is 13.8. The molecule has 0 aliphatic rings. The van der Waals surface area contributed by atoms with E-state index in [4.69, 9.17) is 0 Å². The molecule has 0 amide bonds. The lowest BCUT2D eigenvalue weighted by Crippen LogP contribution is -2.16. The molecule has 0 heterocycles. The second kappa shape index (κ2) is 5.36.